The van der Waals surface area contributed by atoms with Crippen LogP contribution < -0.4 is 70.4 Å². The number of aromatic nitrogens is 5. The first kappa shape index (κ1) is 104. The van der Waals surface area contributed by atoms with Crippen LogP contribution >= 0.6 is 11.8 Å². The van der Waals surface area contributed by atoms with E-state index in [0.717, 1.165) is 36.3 Å². The Kier molecular flexibility index (Phi) is 40.0. The predicted molar refractivity (Wildman–Crippen MR) is 489 cm³/mol. The van der Waals surface area contributed by atoms with E-state index in [4.69, 9.17) is 22.6 Å². The zero-order valence-electron chi connectivity index (χ0n) is 75.9. The van der Waals surface area contributed by atoms with Crippen LogP contribution in [0.1, 0.15) is 140 Å². The summed E-state index contributed by atoms with van der Waals surface area (Å²) in [5, 5.41) is 46.8. The molecule has 0 saturated carbocycles. The fourth-order valence-electron chi connectivity index (χ4n) is 16.0. The fraction of sp³-hybridized carbons (Fsp3) is 0.528. The van der Waals surface area contributed by atoms with Gasteiger partial charge in [-0.15, -0.1) is 11.8 Å². The molecule has 716 valence electrons. The van der Waals surface area contributed by atoms with Gasteiger partial charge < -0.3 is 115 Å². The summed E-state index contributed by atoms with van der Waals surface area (Å²) in [6.07, 6.45) is 8.48. The number of rotatable bonds is 26. The molecule has 0 radical (unpaired) electrons. The molecule has 2 saturated heterocycles. The van der Waals surface area contributed by atoms with Gasteiger partial charge in [0.2, 0.25) is 94.5 Å². The number of primary amides is 2. The maximum absolute atomic E-state index is 15.7. The van der Waals surface area contributed by atoms with Gasteiger partial charge in [-0.25, -0.2) is 4.98 Å². The number of likely N-dealkylation sites (N-methyl/N-ethyl adjacent to an activating group) is 4. The van der Waals surface area contributed by atoms with Crippen molar-refractivity contribution in [3.8, 4) is 0 Å². The van der Waals surface area contributed by atoms with Crippen molar-refractivity contribution in [2.75, 3.05) is 72.5 Å². The number of carbonyl (C=O) groups is 17. The third kappa shape index (κ3) is 30.1. The summed E-state index contributed by atoms with van der Waals surface area (Å²) >= 11 is 0.785. The number of hydrogen-bond donors (Lipinski definition) is 18. The van der Waals surface area contributed by atoms with Crippen molar-refractivity contribution in [2.24, 2.45) is 29.0 Å². The molecule has 16 amide bonds. The van der Waals surface area contributed by atoms with E-state index in [1.165, 1.54) is 60.0 Å². The van der Waals surface area contributed by atoms with Crippen LogP contribution in [0.15, 0.2) is 98.0 Å². The topological polar surface area (TPSA) is 622 Å². The highest BCUT2D eigenvalue weighted by molar-refractivity contribution is 8.00. The van der Waals surface area contributed by atoms with Gasteiger partial charge in [0, 0.05) is 137 Å². The maximum Gasteiger partial charge on any atom is 0.246 e. The predicted octanol–water partition coefficient (Wildman–Crippen LogP) is -1.65. The van der Waals surface area contributed by atoms with E-state index in [-0.39, 0.29) is 89.6 Å². The molecule has 0 spiro atoms. The number of aromatic amines is 3. The van der Waals surface area contributed by atoms with Crippen molar-refractivity contribution in [1.29, 1.82) is 5.41 Å². The van der Waals surface area contributed by atoms with Gasteiger partial charge in [-0.1, -0.05) is 95.8 Å². The lowest BCUT2D eigenvalue weighted by atomic mass is 9.92. The summed E-state index contributed by atoms with van der Waals surface area (Å²) < 4.78 is 0. The van der Waals surface area contributed by atoms with Crippen LogP contribution in [0, 0.1) is 17.2 Å². The van der Waals surface area contributed by atoms with Gasteiger partial charge in [0.05, 0.1) is 38.2 Å². The molecule has 4 aromatic heterocycles. The highest BCUT2D eigenvalue weighted by atomic mass is 32.2. The number of benzene rings is 2. The number of hydrogen-bond acceptors (Lipinski definition) is 22. The smallest absolute Gasteiger partial charge is 0.246 e. The van der Waals surface area contributed by atoms with Crippen molar-refractivity contribution in [3.05, 3.63) is 120 Å². The largest absolute Gasteiger partial charge is 0.394 e. The lowest BCUT2D eigenvalue weighted by Crippen LogP contribution is -2.61. The molecule has 6 aromatic rings. The van der Waals surface area contributed by atoms with Crippen LogP contribution in [-0.4, -0.2) is 306 Å². The number of nitrogens with one attached hydrogen (secondary N) is 14. The van der Waals surface area contributed by atoms with E-state index in [2.05, 4.69) is 78.1 Å². The maximum atomic E-state index is 15.7. The number of ketones is 1. The number of aliphatic hydroxyl groups is 1. The number of imidazole rings is 1. The van der Waals surface area contributed by atoms with Crippen LogP contribution in [0.4, 0.5) is 0 Å². The summed E-state index contributed by atoms with van der Waals surface area (Å²) in [6.45, 7) is 6.07. The standard InChI is InChI=1S/C89H126N24O18S/c1-10-12-27-70-82(125)102-62(26-19-31-96-89(92)93)79(122)108-69(78(121)99-44-74(91)117)47-132-48-75(118)101-65(34-52-21-18-30-94-40-52)85(128)110(7)51(5)76(119)104-67(39-73(90)116)87(130)113-32-20-29-71(113)83(126)103-63(38-56-43-95-49-100-56)80(123)105-64(33-50(3)4)84(127)109(6)45-57(115)36-53(35-54-41-97-60-24-16-14-22-58(54)60)77(120)107-68(46-114)81(124)106-66(37-55-42-98-61-25-17-15-23-59(55)61)86(129)112(9)72(28-13-11-2)88(131)111(70)8/h14-18,21-25,30,40-43,49-51,53,62-72,97-98,114H,10-13,19-20,26-29,31-39,44-48H2,1-9H3,(H2,90,116)(H2,91,117)(H,95,100)(H,99,121)(H,101,118)(H,102,125)(H,103,126)(H,104,119)(H,105,123)(H,106,124)(H,107,120)(H,108,122)(H4,92,93,96)/t51-,53+,62-,63-,64-,65-,66-,67-,68-,69-,70-,71-,72-/m0/s1. The van der Waals surface area contributed by atoms with Gasteiger partial charge in [0.1, 0.15) is 72.5 Å². The molecule has 2 aliphatic rings. The average molecular weight is 1850 g/mol. The van der Waals surface area contributed by atoms with E-state index in [0.29, 0.717) is 69.9 Å². The number of aliphatic hydroxyl groups excluding tert-OH is 1. The summed E-state index contributed by atoms with van der Waals surface area (Å²) in [4.78, 5) is 272. The third-order valence-electron chi connectivity index (χ3n) is 23.3. The van der Waals surface area contributed by atoms with Crippen molar-refractivity contribution in [2.45, 2.75) is 216 Å². The molecule has 43 heteroatoms. The van der Waals surface area contributed by atoms with Crippen molar-refractivity contribution >= 4 is 140 Å². The van der Waals surface area contributed by atoms with E-state index < -0.39 is 229 Å². The van der Waals surface area contributed by atoms with Crippen LogP contribution in [0.25, 0.3) is 21.8 Å². The van der Waals surface area contributed by atoms with Crippen LogP contribution in [0.2, 0.25) is 0 Å². The zero-order valence-corrected chi connectivity index (χ0v) is 76.8. The average Bonchev–Trinajstić information content (AvgIpc) is 1.48. The Bertz CT molecular complexity index is 5050. The van der Waals surface area contributed by atoms with Crippen LogP contribution in [-0.2, 0) is 107 Å². The fourth-order valence-corrected chi connectivity index (χ4v) is 16.8. The Morgan fingerprint density at radius 2 is 1.16 bits per heavy atom. The molecule has 2 fully saturated rings. The minimum atomic E-state index is -1.81. The number of H-pyrrole nitrogens is 3. The monoisotopic (exact) mass is 1850 g/mol. The second-order valence-corrected chi connectivity index (χ2v) is 34.9. The van der Waals surface area contributed by atoms with Crippen LogP contribution in [0.3, 0.4) is 0 Å². The molecule has 42 nitrogen and oxygen atoms in total. The number of para-hydroxylation sites is 2. The molecule has 8 rings (SSSR count). The first-order valence-corrected chi connectivity index (χ1v) is 45.4. The van der Waals surface area contributed by atoms with E-state index in [9.17, 15) is 62.6 Å². The molecule has 132 heavy (non-hydrogen) atoms. The molecule has 0 aliphatic carbocycles. The first-order valence-electron chi connectivity index (χ1n) is 44.3. The van der Waals surface area contributed by atoms with Crippen molar-refractivity contribution < 1.29 is 86.6 Å². The second-order valence-electron chi connectivity index (χ2n) is 33.8. The quantitative estimate of drug-likeness (QED) is 0.0164. The van der Waals surface area contributed by atoms with Crippen LogP contribution in [0.5, 0.6) is 0 Å². The molecular formula is C89H126N24O18S. The molecule has 6 heterocycles. The number of amides is 16. The number of nitrogens with two attached hydrogens (primary N) is 3. The van der Waals surface area contributed by atoms with Crippen molar-refractivity contribution in [1.82, 2.24) is 103 Å². The van der Waals surface area contributed by atoms with Gasteiger partial charge in [-0.2, -0.15) is 0 Å². The summed E-state index contributed by atoms with van der Waals surface area (Å²) in [5.74, 6) is -18.1. The van der Waals surface area contributed by atoms with Gasteiger partial charge in [0.25, 0.3) is 0 Å². The molecule has 0 unspecified atom stereocenters. The van der Waals surface area contributed by atoms with E-state index in [1.54, 1.807) is 86.9 Å². The Labute approximate surface area is 768 Å². The lowest BCUT2D eigenvalue weighted by Gasteiger charge is -2.36. The lowest BCUT2D eigenvalue weighted by molar-refractivity contribution is -0.149. The van der Waals surface area contributed by atoms with E-state index >= 15 is 24.0 Å². The number of Topliss-reactive ketones (excluding diaryl/α,β-unsaturated/α-hetero) is 1. The number of nitrogens with zero attached hydrogens (tertiary/aromatic N) is 7. The molecule has 2 aliphatic heterocycles. The Morgan fingerprint density at radius 3 is 1.77 bits per heavy atom. The van der Waals surface area contributed by atoms with Gasteiger partial charge in [0.15, 0.2) is 11.7 Å². The SMILES string of the molecule is CCCC[C@H]1C(=O)N(C)[C@@H](CCCC)C(=O)N[C@@H](CCCNC(=N)N)C(=O)N[C@H](C(=O)NCC(N)=O)CSCC(=O)N[C@@H](Cc2cccnc2)C(=O)N(C)[C@@H](C)C(=O)N[C@@H](CC(N)=O)C(=O)N2CCC[C@H]2C(=O)N[C@@H](Cc2cnc[nH]2)C(=O)N[C@@H](CC(C)C)C(=O)N(C)CC(=O)C[C@@H](Cc2c[nH]c3ccccc23)C(=O)N[C@@H](CO)C(=O)N[C@@H](Cc2c[nH]c3ccccc23)C(=O)N1C. The minimum Gasteiger partial charge on any atom is -0.394 e. The second kappa shape index (κ2) is 50.7. The Morgan fingerprint density at radius 1 is 0.568 bits per heavy atom. The molecule has 2 aromatic carbocycles. The highest BCUT2D eigenvalue weighted by Gasteiger charge is 2.44. The van der Waals surface area contributed by atoms with Gasteiger partial charge in [-0.3, -0.25) is 91.9 Å². The Hall–Kier alpha value is -13.4. The summed E-state index contributed by atoms with van der Waals surface area (Å²) in [7, 11) is 5.28. The number of thioether (sulfide) groups is 1. The summed E-state index contributed by atoms with van der Waals surface area (Å²) in [5.41, 5.74) is 20.0. The number of pyridine rings is 1. The Balaban J connectivity index is 1.18. The minimum absolute atomic E-state index is 0.000487. The molecular weight excluding hydrogens is 1730 g/mol. The molecule has 21 N–H and O–H groups in total. The number of carbonyl (C=O) groups excluding carboxylic acids is 17. The first-order chi connectivity index (χ1) is 62.9. The zero-order chi connectivity index (χ0) is 96.6. The molecule has 0 bridgehead atoms. The summed E-state index contributed by atoms with van der Waals surface area (Å²) in [6, 6.07) is -0.638. The van der Waals surface area contributed by atoms with Crippen molar-refractivity contribution in [3.63, 3.8) is 0 Å². The molecule has 13 atom stereocenters. The number of guanidine groups is 1. The third-order valence-corrected chi connectivity index (χ3v) is 24.3. The normalized spacial score (nSPS) is 23.6. The van der Waals surface area contributed by atoms with Gasteiger partial charge >= 0.3 is 0 Å². The highest BCUT2D eigenvalue weighted by Crippen LogP contribution is 2.27. The number of unbranched alkanes of at least 4 members (excludes halogenated alkanes) is 2. The number of fused-ring (bicyclic) bond motifs is 3. The van der Waals surface area contributed by atoms with Gasteiger partial charge in [-0.05, 0) is 99.1 Å². The van der Waals surface area contributed by atoms with E-state index in [1.807, 2.05) is 13.8 Å².